The normalized spacial score (nSPS) is 11.1. The van der Waals surface area contributed by atoms with Crippen LogP contribution >= 0.6 is 0 Å². The van der Waals surface area contributed by atoms with Crippen LogP contribution in [0, 0.1) is 12.7 Å². The van der Waals surface area contributed by atoms with Crippen molar-refractivity contribution in [2.45, 2.75) is 20.0 Å². The van der Waals surface area contributed by atoms with Crippen LogP contribution < -0.4 is 5.32 Å². The van der Waals surface area contributed by atoms with Crippen LogP contribution in [0.2, 0.25) is 0 Å². The summed E-state index contributed by atoms with van der Waals surface area (Å²) in [5.74, 6) is -0.367. The third-order valence-corrected chi connectivity index (χ3v) is 5.41. The number of aryl methyl sites for hydroxylation is 1. The minimum absolute atomic E-state index is 0.260. The molecule has 3 aromatic heterocycles. The number of halogens is 1. The zero-order valence-electron chi connectivity index (χ0n) is 17.8. The van der Waals surface area contributed by atoms with Gasteiger partial charge in [-0.15, -0.1) is 5.10 Å². The largest absolute Gasteiger partial charge is 0.322 e. The van der Waals surface area contributed by atoms with E-state index in [4.69, 9.17) is 0 Å². The minimum atomic E-state index is -0.367. The van der Waals surface area contributed by atoms with E-state index in [-0.39, 0.29) is 18.4 Å². The van der Waals surface area contributed by atoms with Gasteiger partial charge in [0.05, 0.1) is 12.1 Å². The second-order valence-corrected chi connectivity index (χ2v) is 7.75. The van der Waals surface area contributed by atoms with Gasteiger partial charge in [-0.2, -0.15) is 4.52 Å². The number of anilines is 1. The number of hydrogen-bond donors (Lipinski definition) is 1. The molecule has 5 aromatic rings. The van der Waals surface area contributed by atoms with Crippen LogP contribution in [-0.4, -0.2) is 36.0 Å². The third-order valence-electron chi connectivity index (χ3n) is 5.41. The molecule has 0 fully saturated rings. The van der Waals surface area contributed by atoms with Gasteiger partial charge in [0.15, 0.2) is 5.65 Å². The van der Waals surface area contributed by atoms with Gasteiger partial charge in [-0.05, 0) is 64.9 Å². The standard InChI is InChI=1S/C24H20FN7O/c1-16-4-2-6-18-12-19(23-28-29-30-32(23)22(16)18)15-31(14-17-5-3-11-26-13-17)24(33)27-21-9-7-20(25)8-10-21/h2-13H,14-15H2,1H3,(H,27,33). The number of nitrogens with one attached hydrogen (secondary N) is 1. The summed E-state index contributed by atoms with van der Waals surface area (Å²) < 4.78 is 15.0. The van der Waals surface area contributed by atoms with Crippen molar-refractivity contribution in [2.24, 2.45) is 0 Å². The van der Waals surface area contributed by atoms with E-state index in [1.165, 1.54) is 24.3 Å². The van der Waals surface area contributed by atoms with Crippen molar-refractivity contribution in [1.29, 1.82) is 0 Å². The molecule has 0 aliphatic rings. The number of carbonyl (C=O) groups is 1. The van der Waals surface area contributed by atoms with Gasteiger partial charge in [0.1, 0.15) is 5.82 Å². The Hall–Kier alpha value is -4.40. The van der Waals surface area contributed by atoms with Crippen LogP contribution in [0.25, 0.3) is 16.6 Å². The fraction of sp³-hybridized carbons (Fsp3) is 0.125. The Morgan fingerprint density at radius 2 is 1.94 bits per heavy atom. The van der Waals surface area contributed by atoms with Gasteiger partial charge in [0, 0.05) is 35.6 Å². The fourth-order valence-electron chi connectivity index (χ4n) is 3.85. The molecule has 2 aromatic carbocycles. The Balaban J connectivity index is 1.52. The number of fused-ring (bicyclic) bond motifs is 3. The van der Waals surface area contributed by atoms with Crippen molar-refractivity contribution in [3.05, 3.63) is 95.6 Å². The average Bonchev–Trinajstić information content (AvgIpc) is 3.31. The molecule has 0 saturated heterocycles. The van der Waals surface area contributed by atoms with E-state index in [2.05, 4.69) is 25.8 Å². The molecule has 1 N–H and O–H groups in total. The van der Waals surface area contributed by atoms with E-state index in [9.17, 15) is 9.18 Å². The molecule has 0 bridgehead atoms. The van der Waals surface area contributed by atoms with E-state index in [1.807, 2.05) is 43.3 Å². The fourth-order valence-corrected chi connectivity index (χ4v) is 3.85. The molecule has 0 saturated carbocycles. The van der Waals surface area contributed by atoms with E-state index in [0.717, 1.165) is 27.6 Å². The lowest BCUT2D eigenvalue weighted by Crippen LogP contribution is -2.34. The summed E-state index contributed by atoms with van der Waals surface area (Å²) in [4.78, 5) is 19.0. The highest BCUT2D eigenvalue weighted by molar-refractivity contribution is 5.90. The van der Waals surface area contributed by atoms with Gasteiger partial charge in [0.25, 0.3) is 0 Å². The first-order chi connectivity index (χ1) is 16.1. The monoisotopic (exact) mass is 441 g/mol. The molecule has 8 nitrogen and oxygen atoms in total. The van der Waals surface area contributed by atoms with Crippen LogP contribution in [0.15, 0.2) is 73.1 Å². The molecule has 0 atom stereocenters. The highest BCUT2D eigenvalue weighted by atomic mass is 19.1. The van der Waals surface area contributed by atoms with E-state index in [0.29, 0.717) is 17.9 Å². The van der Waals surface area contributed by atoms with E-state index >= 15 is 0 Å². The topological polar surface area (TPSA) is 88.3 Å². The van der Waals surface area contributed by atoms with Crippen molar-refractivity contribution in [1.82, 2.24) is 29.9 Å². The van der Waals surface area contributed by atoms with Gasteiger partial charge >= 0.3 is 6.03 Å². The molecule has 0 unspecified atom stereocenters. The van der Waals surface area contributed by atoms with Crippen LogP contribution in [0.4, 0.5) is 14.9 Å². The molecule has 9 heteroatoms. The minimum Gasteiger partial charge on any atom is -0.316 e. The van der Waals surface area contributed by atoms with Gasteiger partial charge < -0.3 is 10.2 Å². The molecule has 0 aliphatic carbocycles. The number of carbonyl (C=O) groups excluding carboxylic acids is 1. The van der Waals surface area contributed by atoms with Crippen LogP contribution in [-0.2, 0) is 13.1 Å². The third kappa shape index (κ3) is 4.20. The number of amides is 2. The number of hydrogen-bond acceptors (Lipinski definition) is 5. The number of para-hydroxylation sites is 1. The lowest BCUT2D eigenvalue weighted by molar-refractivity contribution is 0.206. The maximum Gasteiger partial charge on any atom is 0.322 e. The molecule has 33 heavy (non-hydrogen) atoms. The predicted octanol–water partition coefficient (Wildman–Crippen LogP) is 4.35. The first-order valence-corrected chi connectivity index (χ1v) is 10.4. The Kier molecular flexibility index (Phi) is 5.35. The summed E-state index contributed by atoms with van der Waals surface area (Å²) >= 11 is 0. The second kappa shape index (κ2) is 8.62. The van der Waals surface area contributed by atoms with Crippen LogP contribution in [0.5, 0.6) is 0 Å². The Labute approximate surface area is 188 Å². The lowest BCUT2D eigenvalue weighted by atomic mass is 10.1. The van der Waals surface area contributed by atoms with Gasteiger partial charge in [0.2, 0.25) is 0 Å². The molecule has 0 radical (unpaired) electrons. The highest BCUT2D eigenvalue weighted by Crippen LogP contribution is 2.24. The maximum atomic E-state index is 13.3. The van der Waals surface area contributed by atoms with Crippen LogP contribution in [0.3, 0.4) is 0 Å². The molecule has 5 rings (SSSR count). The summed E-state index contributed by atoms with van der Waals surface area (Å²) in [6, 6.07) is 17.0. The first-order valence-electron chi connectivity index (χ1n) is 10.4. The zero-order valence-corrected chi connectivity index (χ0v) is 17.8. The van der Waals surface area contributed by atoms with Crippen LogP contribution in [0.1, 0.15) is 16.7 Å². The summed E-state index contributed by atoms with van der Waals surface area (Å²) in [6.07, 6.45) is 3.40. The van der Waals surface area contributed by atoms with Gasteiger partial charge in [-0.3, -0.25) is 4.98 Å². The Morgan fingerprint density at radius 3 is 2.73 bits per heavy atom. The molecular weight excluding hydrogens is 421 g/mol. The Morgan fingerprint density at radius 1 is 1.09 bits per heavy atom. The summed E-state index contributed by atoms with van der Waals surface area (Å²) in [6.45, 7) is 2.59. The Bertz CT molecular complexity index is 1430. The number of tetrazole rings is 1. The van der Waals surface area contributed by atoms with Gasteiger partial charge in [-0.1, -0.05) is 24.3 Å². The SMILES string of the molecule is Cc1cccc2cc(CN(Cc3cccnc3)C(=O)Nc3ccc(F)cc3)c3nnnn3c12. The number of urea groups is 1. The van der Waals surface area contributed by atoms with Gasteiger partial charge in [-0.25, -0.2) is 9.18 Å². The summed E-state index contributed by atoms with van der Waals surface area (Å²) in [7, 11) is 0. The molecule has 3 heterocycles. The van der Waals surface area contributed by atoms with E-state index in [1.54, 1.807) is 21.8 Å². The number of rotatable bonds is 5. The number of aromatic nitrogens is 5. The molecule has 2 amide bonds. The number of nitrogens with zero attached hydrogens (tertiary/aromatic N) is 6. The molecular formula is C24H20FN7O. The summed E-state index contributed by atoms with van der Waals surface area (Å²) in [5, 5.41) is 16.1. The van der Waals surface area contributed by atoms with Crippen molar-refractivity contribution < 1.29 is 9.18 Å². The molecule has 0 aliphatic heterocycles. The summed E-state index contributed by atoms with van der Waals surface area (Å²) in [5.41, 5.74) is 4.74. The van der Waals surface area contributed by atoms with Crippen molar-refractivity contribution in [3.8, 4) is 0 Å². The zero-order chi connectivity index (χ0) is 22.8. The van der Waals surface area contributed by atoms with Crippen molar-refractivity contribution in [2.75, 3.05) is 5.32 Å². The van der Waals surface area contributed by atoms with Crippen molar-refractivity contribution >= 4 is 28.3 Å². The molecule has 164 valence electrons. The highest BCUT2D eigenvalue weighted by Gasteiger charge is 2.19. The smallest absolute Gasteiger partial charge is 0.316 e. The van der Waals surface area contributed by atoms with Crippen molar-refractivity contribution in [3.63, 3.8) is 0 Å². The second-order valence-electron chi connectivity index (χ2n) is 7.75. The van der Waals surface area contributed by atoms with E-state index < -0.39 is 0 Å². The number of pyridine rings is 2. The first kappa shape index (κ1) is 20.5. The lowest BCUT2D eigenvalue weighted by Gasteiger charge is -2.24. The number of benzene rings is 2. The molecule has 0 spiro atoms. The average molecular weight is 441 g/mol. The predicted molar refractivity (Wildman–Crippen MR) is 122 cm³/mol. The quantitative estimate of drug-likeness (QED) is 0.438. The maximum absolute atomic E-state index is 13.3.